The minimum Gasteiger partial charge on any atom is -0.379 e. The van der Waals surface area contributed by atoms with Crippen molar-refractivity contribution in [3.63, 3.8) is 0 Å². The molecule has 1 aromatic carbocycles. The van der Waals surface area contributed by atoms with Crippen LogP contribution in [0, 0.1) is 0 Å². The van der Waals surface area contributed by atoms with Gasteiger partial charge in [0.2, 0.25) is 10.0 Å². The fourth-order valence-corrected chi connectivity index (χ4v) is 5.81. The Morgan fingerprint density at radius 3 is 2.13 bits per heavy atom. The number of morpholine rings is 3. The topological polar surface area (TPSA) is 88.6 Å². The predicted molar refractivity (Wildman–Crippen MR) is 115 cm³/mol. The van der Waals surface area contributed by atoms with Crippen molar-refractivity contribution in [3.8, 4) is 0 Å². The molecule has 1 aromatic rings. The van der Waals surface area contributed by atoms with Gasteiger partial charge in [-0.25, -0.2) is 8.42 Å². The number of carbonyl (C=O) groups excluding carboxylic acids is 1. The molecule has 2 atom stereocenters. The summed E-state index contributed by atoms with van der Waals surface area (Å²) >= 11 is 0. The molecule has 0 N–H and O–H groups in total. The van der Waals surface area contributed by atoms with Gasteiger partial charge in [-0.05, 0) is 32.0 Å². The average molecular weight is 454 g/mol. The smallest absolute Gasteiger partial charge is 0.256 e. The summed E-state index contributed by atoms with van der Waals surface area (Å²) in [4.78, 5) is 17.6. The lowest BCUT2D eigenvalue weighted by atomic mass is 10.1. The van der Waals surface area contributed by atoms with Gasteiger partial charge in [0.15, 0.2) is 0 Å². The van der Waals surface area contributed by atoms with Gasteiger partial charge in [0.1, 0.15) is 0 Å². The predicted octanol–water partition coefficient (Wildman–Crippen LogP) is 0.794. The molecule has 3 saturated heterocycles. The van der Waals surface area contributed by atoms with Crippen LogP contribution >= 0.6 is 0 Å². The summed E-state index contributed by atoms with van der Waals surface area (Å²) in [5.74, 6) is -0.164. The fraction of sp³-hybridized carbons (Fsp3) is 0.667. The molecule has 4 rings (SSSR count). The second-order valence-electron chi connectivity index (χ2n) is 8.26. The van der Waals surface area contributed by atoms with Crippen LogP contribution in [0.25, 0.3) is 0 Å². The number of anilines is 1. The summed E-state index contributed by atoms with van der Waals surface area (Å²) in [7, 11) is -3.70. The van der Waals surface area contributed by atoms with Gasteiger partial charge in [0.25, 0.3) is 5.91 Å². The Bertz CT molecular complexity index is 886. The molecule has 3 aliphatic rings. The first-order valence-electron chi connectivity index (χ1n) is 10.9. The largest absolute Gasteiger partial charge is 0.379 e. The van der Waals surface area contributed by atoms with Crippen LogP contribution in [-0.4, -0.2) is 101 Å². The van der Waals surface area contributed by atoms with E-state index in [1.54, 1.807) is 23.1 Å². The van der Waals surface area contributed by atoms with E-state index in [9.17, 15) is 13.2 Å². The number of nitrogens with zero attached hydrogens (tertiary/aromatic N) is 3. The van der Waals surface area contributed by atoms with E-state index < -0.39 is 10.0 Å². The third-order valence-corrected chi connectivity index (χ3v) is 7.76. The molecule has 2 unspecified atom stereocenters. The third-order valence-electron chi connectivity index (χ3n) is 5.86. The Balaban J connectivity index is 1.70. The lowest BCUT2D eigenvalue weighted by Gasteiger charge is -2.37. The molecule has 0 aliphatic carbocycles. The van der Waals surface area contributed by atoms with Gasteiger partial charge in [-0.1, -0.05) is 0 Å². The van der Waals surface area contributed by atoms with Crippen molar-refractivity contribution in [2.75, 3.05) is 70.6 Å². The van der Waals surface area contributed by atoms with Gasteiger partial charge in [-0.15, -0.1) is 0 Å². The van der Waals surface area contributed by atoms with Gasteiger partial charge in [0, 0.05) is 45.0 Å². The van der Waals surface area contributed by atoms with Crippen molar-refractivity contribution in [1.82, 2.24) is 9.21 Å². The first-order valence-corrected chi connectivity index (χ1v) is 12.3. The summed E-state index contributed by atoms with van der Waals surface area (Å²) < 4.78 is 44.4. The van der Waals surface area contributed by atoms with Gasteiger partial charge in [-0.3, -0.25) is 4.79 Å². The molecule has 0 spiro atoms. The van der Waals surface area contributed by atoms with Crippen LogP contribution in [0.3, 0.4) is 0 Å². The van der Waals surface area contributed by atoms with Crippen LogP contribution in [0.15, 0.2) is 23.1 Å². The van der Waals surface area contributed by atoms with E-state index in [0.29, 0.717) is 71.3 Å². The highest BCUT2D eigenvalue weighted by Gasteiger charge is 2.32. The van der Waals surface area contributed by atoms with E-state index in [-0.39, 0.29) is 23.0 Å². The summed E-state index contributed by atoms with van der Waals surface area (Å²) in [6.45, 7) is 8.69. The molecule has 9 nitrogen and oxygen atoms in total. The van der Waals surface area contributed by atoms with Gasteiger partial charge in [-0.2, -0.15) is 4.31 Å². The molecular formula is C21H31N3O6S. The Morgan fingerprint density at radius 2 is 1.52 bits per heavy atom. The number of hydrogen-bond donors (Lipinski definition) is 0. The van der Waals surface area contributed by atoms with Crippen LogP contribution in [0.4, 0.5) is 5.69 Å². The number of hydrogen-bond acceptors (Lipinski definition) is 7. The normalized spacial score (nSPS) is 26.1. The van der Waals surface area contributed by atoms with E-state index >= 15 is 0 Å². The summed E-state index contributed by atoms with van der Waals surface area (Å²) in [6.07, 6.45) is -0.139. The average Bonchev–Trinajstić information content (AvgIpc) is 2.78. The van der Waals surface area contributed by atoms with Crippen molar-refractivity contribution in [2.24, 2.45) is 0 Å². The monoisotopic (exact) mass is 453 g/mol. The van der Waals surface area contributed by atoms with Crippen LogP contribution in [0.1, 0.15) is 24.2 Å². The molecule has 3 heterocycles. The molecule has 0 bridgehead atoms. The Labute approximate surface area is 183 Å². The van der Waals surface area contributed by atoms with E-state index in [1.165, 1.54) is 4.31 Å². The molecular weight excluding hydrogens is 422 g/mol. The highest BCUT2D eigenvalue weighted by atomic mass is 32.2. The first-order chi connectivity index (χ1) is 14.9. The zero-order valence-corrected chi connectivity index (χ0v) is 19.0. The molecule has 3 fully saturated rings. The Morgan fingerprint density at radius 1 is 0.935 bits per heavy atom. The maximum Gasteiger partial charge on any atom is 0.256 e. The van der Waals surface area contributed by atoms with E-state index in [1.807, 2.05) is 13.8 Å². The lowest BCUT2D eigenvalue weighted by molar-refractivity contribution is -0.0586. The minimum atomic E-state index is -3.70. The molecule has 3 aliphatic heterocycles. The quantitative estimate of drug-likeness (QED) is 0.666. The van der Waals surface area contributed by atoms with Gasteiger partial charge in [0.05, 0.1) is 49.1 Å². The van der Waals surface area contributed by atoms with Crippen molar-refractivity contribution in [2.45, 2.75) is 31.0 Å². The number of amides is 1. The van der Waals surface area contributed by atoms with Crippen LogP contribution < -0.4 is 4.90 Å². The molecule has 0 radical (unpaired) electrons. The summed E-state index contributed by atoms with van der Waals surface area (Å²) in [5, 5.41) is 0. The summed E-state index contributed by atoms with van der Waals surface area (Å²) in [6, 6.07) is 4.92. The highest BCUT2D eigenvalue weighted by Crippen LogP contribution is 2.29. The first kappa shape index (κ1) is 22.5. The van der Waals surface area contributed by atoms with Crippen LogP contribution in [0.2, 0.25) is 0 Å². The number of carbonyl (C=O) groups is 1. The lowest BCUT2D eigenvalue weighted by Crippen LogP contribution is -2.48. The summed E-state index contributed by atoms with van der Waals surface area (Å²) in [5.41, 5.74) is 1.17. The molecule has 0 saturated carbocycles. The second kappa shape index (κ2) is 9.41. The zero-order valence-electron chi connectivity index (χ0n) is 18.2. The number of rotatable bonds is 4. The van der Waals surface area contributed by atoms with Crippen molar-refractivity contribution in [3.05, 3.63) is 23.8 Å². The molecule has 10 heteroatoms. The minimum absolute atomic E-state index is 0.0696. The van der Waals surface area contributed by atoms with Crippen LogP contribution in [-0.2, 0) is 24.2 Å². The zero-order chi connectivity index (χ0) is 22.0. The van der Waals surface area contributed by atoms with E-state index in [0.717, 1.165) is 5.69 Å². The Kier molecular flexibility index (Phi) is 6.83. The SMILES string of the molecule is CC1CN(C(=O)c2cc(S(=O)(=O)N3CCOCC3)ccc2N2CCOCC2)CC(C)O1. The standard InChI is InChI=1S/C21H31N3O6S/c1-16-14-23(15-17(2)30-16)21(25)19-13-18(31(26,27)24-7-11-29-12-8-24)3-4-20(19)22-5-9-28-10-6-22/h3-4,13,16-17H,5-12,14-15H2,1-2H3. The van der Waals surface area contributed by atoms with Gasteiger partial charge < -0.3 is 24.0 Å². The molecule has 0 aromatic heterocycles. The third kappa shape index (κ3) is 4.88. The van der Waals surface area contributed by atoms with E-state index in [4.69, 9.17) is 14.2 Å². The maximum atomic E-state index is 13.6. The number of ether oxygens (including phenoxy) is 3. The number of sulfonamides is 1. The Hall–Kier alpha value is -1.72. The van der Waals surface area contributed by atoms with Crippen molar-refractivity contribution >= 4 is 21.6 Å². The van der Waals surface area contributed by atoms with Gasteiger partial charge >= 0.3 is 0 Å². The second-order valence-corrected chi connectivity index (χ2v) is 10.2. The maximum absolute atomic E-state index is 13.6. The fourth-order valence-electron chi connectivity index (χ4n) is 4.38. The molecule has 172 valence electrons. The van der Waals surface area contributed by atoms with Crippen molar-refractivity contribution < 1.29 is 27.4 Å². The van der Waals surface area contributed by atoms with Crippen molar-refractivity contribution in [1.29, 1.82) is 0 Å². The molecule has 31 heavy (non-hydrogen) atoms. The van der Waals surface area contributed by atoms with Crippen LogP contribution in [0.5, 0.6) is 0 Å². The van der Waals surface area contributed by atoms with E-state index in [2.05, 4.69) is 4.90 Å². The number of benzene rings is 1. The highest BCUT2D eigenvalue weighted by molar-refractivity contribution is 7.89. The molecule has 1 amide bonds.